The second-order valence-corrected chi connectivity index (χ2v) is 8.01. The maximum absolute atomic E-state index is 12.3. The van der Waals surface area contributed by atoms with E-state index in [9.17, 15) is 13.2 Å². The quantitative estimate of drug-likeness (QED) is 0.560. The van der Waals surface area contributed by atoms with Gasteiger partial charge in [-0.15, -0.1) is 0 Å². The van der Waals surface area contributed by atoms with Crippen LogP contribution in [0.25, 0.3) is 0 Å². The molecule has 3 aromatic rings. The van der Waals surface area contributed by atoms with E-state index in [1.165, 1.54) is 48.7 Å². The van der Waals surface area contributed by atoms with Gasteiger partial charge in [0.2, 0.25) is 16.0 Å². The number of nitrogens with zero attached hydrogens (tertiary/aromatic N) is 2. The number of halogens is 2. The van der Waals surface area contributed by atoms with Crippen LogP contribution in [-0.4, -0.2) is 24.3 Å². The van der Waals surface area contributed by atoms with Crippen LogP contribution in [0.1, 0.15) is 10.4 Å². The molecule has 0 spiro atoms. The summed E-state index contributed by atoms with van der Waals surface area (Å²) in [5.41, 5.74) is 0.836. The van der Waals surface area contributed by atoms with Crippen molar-refractivity contribution in [3.8, 4) is 0 Å². The Morgan fingerprint density at radius 1 is 1.00 bits per heavy atom. The molecule has 0 aliphatic heterocycles. The van der Waals surface area contributed by atoms with Crippen LogP contribution in [0.3, 0.4) is 0 Å². The molecule has 1 heterocycles. The van der Waals surface area contributed by atoms with Gasteiger partial charge in [-0.2, -0.15) is 4.98 Å². The van der Waals surface area contributed by atoms with Gasteiger partial charge in [0, 0.05) is 27.5 Å². The van der Waals surface area contributed by atoms with Crippen molar-refractivity contribution in [3.63, 3.8) is 0 Å². The molecule has 0 aliphatic rings. The van der Waals surface area contributed by atoms with E-state index >= 15 is 0 Å². The average Bonchev–Trinajstić information content (AvgIpc) is 2.61. The molecule has 1 amide bonds. The van der Waals surface area contributed by atoms with Crippen LogP contribution in [0, 0.1) is 0 Å². The minimum absolute atomic E-state index is 0.00567. The summed E-state index contributed by atoms with van der Waals surface area (Å²) in [6, 6.07) is 11.8. The Morgan fingerprint density at radius 3 is 2.25 bits per heavy atom. The summed E-state index contributed by atoms with van der Waals surface area (Å²) in [6.45, 7) is 0. The normalized spacial score (nSPS) is 11.1. The van der Waals surface area contributed by atoms with Gasteiger partial charge in [-0.05, 0) is 48.5 Å². The number of anilines is 3. The molecule has 4 N–H and O–H groups in total. The van der Waals surface area contributed by atoms with Crippen molar-refractivity contribution in [1.29, 1.82) is 0 Å². The first kappa shape index (κ1) is 20.0. The number of hydrogen-bond acceptors (Lipinski definition) is 6. The van der Waals surface area contributed by atoms with E-state index in [-0.39, 0.29) is 16.4 Å². The smallest absolute Gasteiger partial charge is 0.258 e. The van der Waals surface area contributed by atoms with Crippen molar-refractivity contribution >= 4 is 56.6 Å². The van der Waals surface area contributed by atoms with Crippen molar-refractivity contribution < 1.29 is 13.2 Å². The minimum atomic E-state index is -3.76. The Morgan fingerprint density at radius 2 is 1.64 bits per heavy atom. The van der Waals surface area contributed by atoms with Crippen molar-refractivity contribution in [2.45, 2.75) is 4.90 Å². The molecule has 0 bridgehead atoms. The third-order valence-electron chi connectivity index (χ3n) is 3.46. The molecule has 0 fully saturated rings. The average molecular weight is 438 g/mol. The Balaban J connectivity index is 1.74. The van der Waals surface area contributed by atoms with Crippen molar-refractivity contribution in [2.24, 2.45) is 5.14 Å². The van der Waals surface area contributed by atoms with Crippen molar-refractivity contribution in [1.82, 2.24) is 9.97 Å². The summed E-state index contributed by atoms with van der Waals surface area (Å²) < 4.78 is 22.6. The second-order valence-electron chi connectivity index (χ2n) is 5.57. The first-order chi connectivity index (χ1) is 13.2. The summed E-state index contributed by atoms with van der Waals surface area (Å²) in [7, 11) is -3.76. The van der Waals surface area contributed by atoms with Gasteiger partial charge in [-0.1, -0.05) is 23.2 Å². The van der Waals surface area contributed by atoms with E-state index < -0.39 is 15.9 Å². The largest absolute Gasteiger partial charge is 0.340 e. The second kappa shape index (κ2) is 8.11. The van der Waals surface area contributed by atoms with Crippen LogP contribution in [0.2, 0.25) is 10.0 Å². The maximum atomic E-state index is 12.3. The van der Waals surface area contributed by atoms with E-state index in [2.05, 4.69) is 20.6 Å². The Kier molecular flexibility index (Phi) is 5.80. The molecular formula is C17H13Cl2N5O3S. The molecular weight excluding hydrogens is 425 g/mol. The zero-order valence-corrected chi connectivity index (χ0v) is 16.4. The van der Waals surface area contributed by atoms with Gasteiger partial charge in [0.15, 0.2) is 0 Å². The number of carbonyl (C=O) groups excluding carboxylic acids is 1. The van der Waals surface area contributed by atoms with Crippen LogP contribution in [-0.2, 0) is 10.0 Å². The molecule has 28 heavy (non-hydrogen) atoms. The highest BCUT2D eigenvalue weighted by molar-refractivity contribution is 7.89. The van der Waals surface area contributed by atoms with E-state index in [1.54, 1.807) is 6.07 Å². The molecule has 11 heteroatoms. The third-order valence-corrected chi connectivity index (χ3v) is 4.83. The van der Waals surface area contributed by atoms with Crippen LogP contribution < -0.4 is 15.8 Å². The number of primary sulfonamides is 1. The van der Waals surface area contributed by atoms with Crippen LogP contribution in [0.15, 0.2) is 59.6 Å². The number of aromatic nitrogens is 2. The number of hydrogen-bond donors (Lipinski definition) is 3. The van der Waals surface area contributed by atoms with Gasteiger partial charge in [-0.3, -0.25) is 10.1 Å². The molecule has 2 aromatic carbocycles. The van der Waals surface area contributed by atoms with Gasteiger partial charge < -0.3 is 5.32 Å². The Labute approximate surface area is 170 Å². The molecule has 0 atom stereocenters. The maximum Gasteiger partial charge on any atom is 0.258 e. The first-order valence-corrected chi connectivity index (χ1v) is 10.0. The lowest BCUT2D eigenvalue weighted by molar-refractivity contribution is 0.102. The van der Waals surface area contributed by atoms with Crippen molar-refractivity contribution in [2.75, 3.05) is 10.6 Å². The highest BCUT2D eigenvalue weighted by Crippen LogP contribution is 2.20. The summed E-state index contributed by atoms with van der Waals surface area (Å²) >= 11 is 11.8. The molecule has 0 unspecified atom stereocenters. The predicted molar refractivity (Wildman–Crippen MR) is 108 cm³/mol. The minimum Gasteiger partial charge on any atom is -0.340 e. The molecule has 3 rings (SSSR count). The number of carbonyl (C=O) groups is 1. The zero-order valence-electron chi connectivity index (χ0n) is 14.1. The SMILES string of the molecule is NS(=O)(=O)c1ccc(Nc2ccnc(NC(=O)c3cc(Cl)cc(Cl)c3)n2)cc1. The van der Waals surface area contributed by atoms with E-state index in [4.69, 9.17) is 28.3 Å². The number of sulfonamides is 1. The Hall–Kier alpha value is -2.72. The van der Waals surface area contributed by atoms with Crippen molar-refractivity contribution in [3.05, 3.63) is 70.3 Å². The van der Waals surface area contributed by atoms with Crippen LogP contribution in [0.5, 0.6) is 0 Å². The lowest BCUT2D eigenvalue weighted by atomic mass is 10.2. The molecule has 1 aromatic heterocycles. The summed E-state index contributed by atoms with van der Waals surface area (Å²) in [5, 5.41) is 11.3. The number of nitrogens with one attached hydrogen (secondary N) is 2. The lowest BCUT2D eigenvalue weighted by Gasteiger charge is -2.09. The van der Waals surface area contributed by atoms with E-state index in [1.807, 2.05) is 0 Å². The number of rotatable bonds is 5. The van der Waals surface area contributed by atoms with Gasteiger partial charge >= 0.3 is 0 Å². The van der Waals surface area contributed by atoms with Crippen LogP contribution in [0.4, 0.5) is 17.5 Å². The standard InChI is InChI=1S/C17H13Cl2N5O3S/c18-11-7-10(8-12(19)9-11)16(25)24-17-21-6-5-15(23-17)22-13-1-3-14(4-2-13)28(20,26)27/h1-9H,(H2,20,26,27)(H2,21,22,23,24,25). The molecule has 8 nitrogen and oxygen atoms in total. The highest BCUT2D eigenvalue weighted by atomic mass is 35.5. The van der Waals surface area contributed by atoms with Gasteiger partial charge in [0.25, 0.3) is 5.91 Å². The van der Waals surface area contributed by atoms with E-state index in [0.29, 0.717) is 21.6 Å². The number of nitrogens with two attached hydrogens (primary N) is 1. The van der Waals surface area contributed by atoms with Gasteiger partial charge in [0.05, 0.1) is 4.90 Å². The summed E-state index contributed by atoms with van der Waals surface area (Å²) in [4.78, 5) is 20.5. The number of amides is 1. The molecule has 0 radical (unpaired) electrons. The molecule has 144 valence electrons. The lowest BCUT2D eigenvalue weighted by Crippen LogP contribution is -2.14. The fourth-order valence-corrected chi connectivity index (χ4v) is 3.26. The zero-order chi connectivity index (χ0) is 20.3. The fourth-order valence-electron chi connectivity index (χ4n) is 2.22. The monoisotopic (exact) mass is 437 g/mol. The van der Waals surface area contributed by atoms with E-state index in [0.717, 1.165) is 0 Å². The molecule has 0 saturated carbocycles. The molecule has 0 saturated heterocycles. The third kappa shape index (κ3) is 5.17. The Bertz CT molecular complexity index is 1120. The fraction of sp³-hybridized carbons (Fsp3) is 0. The number of benzene rings is 2. The summed E-state index contributed by atoms with van der Waals surface area (Å²) in [5.74, 6) is -0.0240. The highest BCUT2D eigenvalue weighted by Gasteiger charge is 2.11. The predicted octanol–water partition coefficient (Wildman–Crippen LogP) is 3.43. The topological polar surface area (TPSA) is 127 Å². The molecule has 0 aliphatic carbocycles. The van der Waals surface area contributed by atoms with Crippen LogP contribution >= 0.6 is 23.2 Å². The van der Waals surface area contributed by atoms with Gasteiger partial charge in [0.1, 0.15) is 5.82 Å². The van der Waals surface area contributed by atoms with Gasteiger partial charge in [-0.25, -0.2) is 18.5 Å². The first-order valence-electron chi connectivity index (χ1n) is 7.71. The summed E-state index contributed by atoms with van der Waals surface area (Å²) in [6.07, 6.45) is 1.45.